The summed E-state index contributed by atoms with van der Waals surface area (Å²) in [6.45, 7) is 10.2. The van der Waals surface area contributed by atoms with E-state index < -0.39 is 29.5 Å². The summed E-state index contributed by atoms with van der Waals surface area (Å²) >= 11 is 0. The summed E-state index contributed by atoms with van der Waals surface area (Å²) < 4.78 is 6.16. The second-order valence-electron chi connectivity index (χ2n) is 8.27. The Labute approximate surface area is 159 Å². The maximum Gasteiger partial charge on any atom is 0.310 e. The van der Waals surface area contributed by atoms with E-state index in [0.29, 0.717) is 12.3 Å². The Morgan fingerprint density at radius 3 is 2.56 bits per heavy atom. The van der Waals surface area contributed by atoms with Crippen LogP contribution in [0.4, 0.5) is 5.69 Å². The van der Waals surface area contributed by atoms with E-state index in [-0.39, 0.29) is 11.9 Å². The number of aliphatic carboxylic acids is 1. The smallest absolute Gasteiger partial charge is 0.310 e. The van der Waals surface area contributed by atoms with E-state index in [9.17, 15) is 14.7 Å². The first-order chi connectivity index (χ1) is 12.8. The number of hydrogen-bond donors (Lipinski definition) is 1. The lowest BCUT2D eigenvalue weighted by atomic mass is 9.74. The zero-order valence-electron chi connectivity index (χ0n) is 15.9. The highest BCUT2D eigenvalue weighted by Gasteiger charge is 2.71. The summed E-state index contributed by atoms with van der Waals surface area (Å²) in [7, 11) is 0. The van der Waals surface area contributed by atoms with Crippen molar-refractivity contribution in [2.45, 2.75) is 50.9 Å². The van der Waals surface area contributed by atoms with Gasteiger partial charge >= 0.3 is 5.97 Å². The molecule has 1 aromatic rings. The minimum Gasteiger partial charge on any atom is -0.481 e. The van der Waals surface area contributed by atoms with E-state index in [1.807, 2.05) is 37.3 Å². The molecule has 0 saturated carbocycles. The van der Waals surface area contributed by atoms with Crippen molar-refractivity contribution < 1.29 is 19.4 Å². The van der Waals surface area contributed by atoms with Gasteiger partial charge in [-0.2, -0.15) is 0 Å². The van der Waals surface area contributed by atoms with Gasteiger partial charge < -0.3 is 14.7 Å². The highest BCUT2D eigenvalue weighted by molar-refractivity contribution is 6.03. The number of carboxylic acids is 1. The summed E-state index contributed by atoms with van der Waals surface area (Å²) in [4.78, 5) is 27.0. The molecule has 1 N–H and O–H groups in total. The lowest BCUT2D eigenvalue weighted by Gasteiger charge is -2.33. The third-order valence-electron chi connectivity index (χ3n) is 6.09. The third kappa shape index (κ3) is 2.48. The number of ether oxygens (including phenoxy) is 1. The highest BCUT2D eigenvalue weighted by atomic mass is 16.5. The van der Waals surface area contributed by atoms with Crippen LogP contribution in [0.25, 0.3) is 0 Å². The summed E-state index contributed by atoms with van der Waals surface area (Å²) in [5, 5.41) is 9.72. The Bertz CT molecular complexity index is 840. The minimum atomic E-state index is -0.976. The Hall–Kier alpha value is -2.40. The molecule has 4 rings (SSSR count). The zero-order valence-corrected chi connectivity index (χ0v) is 15.9. The molecule has 0 aromatic heterocycles. The number of fused-ring (bicyclic) bond motifs is 1. The van der Waals surface area contributed by atoms with Gasteiger partial charge in [0.2, 0.25) is 5.91 Å². The molecule has 2 fully saturated rings. The molecule has 2 saturated heterocycles. The average Bonchev–Trinajstić information content (AvgIpc) is 3.24. The van der Waals surface area contributed by atoms with Crippen LogP contribution in [0.3, 0.4) is 0 Å². The van der Waals surface area contributed by atoms with Crippen molar-refractivity contribution in [2.75, 3.05) is 4.90 Å². The number of anilines is 1. The number of rotatable bonds is 5. The standard InChI is InChI=1S/C22H25NO4/c1-12(2)11-17-22-10-9-16(27-22)18(21(25)26)19(22)20(24)23(17)15-7-5-14(6-8-15)13(3)4/h5-10,13,16-19H,1,11H2,2-4H3,(H,25,26)/t16-,17-,18+,19-,22-/m1/s1. The molecule has 142 valence electrons. The second kappa shape index (κ2) is 6.06. The van der Waals surface area contributed by atoms with E-state index in [1.165, 1.54) is 5.56 Å². The molecular formula is C22H25NO4. The predicted octanol–water partition coefficient (Wildman–Crippen LogP) is 3.52. The number of benzene rings is 1. The number of carbonyl (C=O) groups is 2. The maximum absolute atomic E-state index is 13.4. The fraction of sp³-hybridized carbons (Fsp3) is 0.455. The molecule has 0 aliphatic carbocycles. The van der Waals surface area contributed by atoms with E-state index in [0.717, 1.165) is 11.3 Å². The van der Waals surface area contributed by atoms with E-state index in [2.05, 4.69) is 20.4 Å². The monoisotopic (exact) mass is 367 g/mol. The van der Waals surface area contributed by atoms with Crippen LogP contribution in [0.1, 0.15) is 38.7 Å². The van der Waals surface area contributed by atoms with Crippen LogP contribution in [-0.4, -0.2) is 34.7 Å². The number of nitrogens with zero attached hydrogens (tertiary/aromatic N) is 1. The molecule has 3 heterocycles. The quantitative estimate of drug-likeness (QED) is 0.809. The van der Waals surface area contributed by atoms with Crippen molar-refractivity contribution >= 4 is 17.6 Å². The van der Waals surface area contributed by atoms with Gasteiger partial charge in [-0.25, -0.2) is 0 Å². The molecule has 2 bridgehead atoms. The lowest BCUT2D eigenvalue weighted by molar-refractivity contribution is -0.146. The Balaban J connectivity index is 1.79. The normalized spacial score (nSPS) is 33.8. The Morgan fingerprint density at radius 1 is 1.33 bits per heavy atom. The van der Waals surface area contributed by atoms with Gasteiger partial charge in [-0.3, -0.25) is 9.59 Å². The summed E-state index contributed by atoms with van der Waals surface area (Å²) in [6, 6.07) is 7.66. The first-order valence-corrected chi connectivity index (χ1v) is 9.43. The first-order valence-electron chi connectivity index (χ1n) is 9.43. The molecule has 5 nitrogen and oxygen atoms in total. The zero-order chi connectivity index (χ0) is 19.5. The number of amides is 1. The maximum atomic E-state index is 13.4. The second-order valence-corrected chi connectivity index (χ2v) is 8.27. The van der Waals surface area contributed by atoms with Crippen LogP contribution in [-0.2, 0) is 14.3 Å². The van der Waals surface area contributed by atoms with E-state index in [4.69, 9.17) is 4.74 Å². The Morgan fingerprint density at radius 2 is 2.00 bits per heavy atom. The van der Waals surface area contributed by atoms with Crippen LogP contribution >= 0.6 is 0 Å². The topological polar surface area (TPSA) is 66.8 Å². The van der Waals surface area contributed by atoms with Gasteiger partial charge in [-0.15, -0.1) is 6.58 Å². The largest absolute Gasteiger partial charge is 0.481 e. The van der Waals surface area contributed by atoms with Crippen molar-refractivity contribution in [1.29, 1.82) is 0 Å². The number of carbonyl (C=O) groups excluding carboxylic acids is 1. The molecule has 1 spiro atoms. The molecule has 27 heavy (non-hydrogen) atoms. The summed E-state index contributed by atoms with van der Waals surface area (Å²) in [5.41, 5.74) is 2.02. The fourth-order valence-electron chi connectivity index (χ4n) is 4.84. The predicted molar refractivity (Wildman–Crippen MR) is 103 cm³/mol. The van der Waals surface area contributed by atoms with Crippen LogP contribution in [0.15, 0.2) is 48.6 Å². The van der Waals surface area contributed by atoms with Crippen LogP contribution in [0, 0.1) is 11.8 Å². The van der Waals surface area contributed by atoms with E-state index >= 15 is 0 Å². The lowest BCUT2D eigenvalue weighted by Crippen LogP contribution is -2.45. The van der Waals surface area contributed by atoms with Gasteiger partial charge in [0, 0.05) is 5.69 Å². The van der Waals surface area contributed by atoms with Crippen molar-refractivity contribution in [3.05, 3.63) is 54.1 Å². The van der Waals surface area contributed by atoms with Crippen molar-refractivity contribution in [3.63, 3.8) is 0 Å². The molecular weight excluding hydrogens is 342 g/mol. The van der Waals surface area contributed by atoms with Crippen LogP contribution < -0.4 is 4.90 Å². The molecule has 3 aliphatic heterocycles. The molecule has 0 radical (unpaired) electrons. The van der Waals surface area contributed by atoms with Gasteiger partial charge in [0.1, 0.15) is 11.5 Å². The van der Waals surface area contributed by atoms with Gasteiger partial charge in [0.25, 0.3) is 0 Å². The molecule has 1 amide bonds. The molecule has 5 atom stereocenters. The van der Waals surface area contributed by atoms with Crippen molar-refractivity contribution in [2.24, 2.45) is 11.8 Å². The fourth-order valence-corrected chi connectivity index (χ4v) is 4.84. The minimum absolute atomic E-state index is 0.169. The molecule has 5 heteroatoms. The Kier molecular flexibility index (Phi) is 4.04. The van der Waals surface area contributed by atoms with E-state index in [1.54, 1.807) is 11.0 Å². The highest BCUT2D eigenvalue weighted by Crippen LogP contribution is 2.56. The number of hydrogen-bond acceptors (Lipinski definition) is 3. The molecule has 1 aromatic carbocycles. The summed E-state index contributed by atoms with van der Waals surface area (Å²) in [5.74, 6) is -2.28. The molecule has 3 aliphatic rings. The molecule has 0 unspecified atom stereocenters. The van der Waals surface area contributed by atoms with Crippen LogP contribution in [0.2, 0.25) is 0 Å². The first kappa shape index (κ1) is 18.0. The van der Waals surface area contributed by atoms with Crippen molar-refractivity contribution in [3.8, 4) is 0 Å². The van der Waals surface area contributed by atoms with Gasteiger partial charge in [0.05, 0.1) is 18.1 Å². The average molecular weight is 367 g/mol. The number of carboxylic acid groups (broad SMARTS) is 1. The van der Waals surface area contributed by atoms with Gasteiger partial charge in [-0.1, -0.05) is 43.7 Å². The SMILES string of the molecule is C=C(C)C[C@H]1N(c2ccc(C(C)C)cc2)C(=O)[C@H]2[C@@H](C(=O)O)[C@H]3C=C[C@]21O3. The van der Waals surface area contributed by atoms with Gasteiger partial charge in [0.15, 0.2) is 0 Å². The van der Waals surface area contributed by atoms with Gasteiger partial charge in [-0.05, 0) is 37.0 Å². The third-order valence-corrected chi connectivity index (χ3v) is 6.09. The van der Waals surface area contributed by atoms with Crippen molar-refractivity contribution in [1.82, 2.24) is 0 Å². The van der Waals surface area contributed by atoms with Crippen LogP contribution in [0.5, 0.6) is 0 Å². The summed E-state index contributed by atoms with van der Waals surface area (Å²) in [6.07, 6.45) is 3.75.